The minimum atomic E-state index is -0.982. The minimum Gasteiger partial charge on any atom is -0.550 e. The molecule has 2 rings (SSSR count). The van der Waals surface area contributed by atoms with Crippen LogP contribution in [0.15, 0.2) is 24.3 Å². The summed E-state index contributed by atoms with van der Waals surface area (Å²) < 4.78 is 11.1. The van der Waals surface area contributed by atoms with Gasteiger partial charge in [-0.05, 0) is 63.0 Å². The molecule has 0 aliphatic carbocycles. The highest BCUT2D eigenvalue weighted by molar-refractivity contribution is 5.64. The standard InChI is InChI=1S/C18H26O4/c1-18(2)12-14(8-9-22-18)15(11-17(19)20)10-13-6-4-5-7-16(13)21-3/h4-7,14-15H,8-12H2,1-3H3,(H,19,20)/p-1/t14-,15+/m0/s1. The molecule has 4 nitrogen and oxygen atoms in total. The number of ether oxygens (including phenoxy) is 2. The molecule has 1 saturated heterocycles. The summed E-state index contributed by atoms with van der Waals surface area (Å²) in [5.74, 6) is 0.206. The molecule has 1 heterocycles. The van der Waals surface area contributed by atoms with Gasteiger partial charge in [-0.15, -0.1) is 0 Å². The van der Waals surface area contributed by atoms with Gasteiger partial charge < -0.3 is 19.4 Å². The third kappa shape index (κ3) is 4.47. The lowest BCUT2D eigenvalue weighted by atomic mass is 9.75. The molecule has 0 amide bonds. The molecule has 0 aromatic heterocycles. The molecule has 0 unspecified atom stereocenters. The Morgan fingerprint density at radius 2 is 2.18 bits per heavy atom. The van der Waals surface area contributed by atoms with Crippen LogP contribution in [0.3, 0.4) is 0 Å². The normalized spacial score (nSPS) is 22.0. The van der Waals surface area contributed by atoms with Crippen molar-refractivity contribution in [1.82, 2.24) is 0 Å². The van der Waals surface area contributed by atoms with E-state index in [1.807, 2.05) is 24.3 Å². The first kappa shape index (κ1) is 16.8. The van der Waals surface area contributed by atoms with Gasteiger partial charge in [0.2, 0.25) is 0 Å². The van der Waals surface area contributed by atoms with Crippen LogP contribution in [0.25, 0.3) is 0 Å². The number of carboxylic acid groups (broad SMARTS) is 1. The third-order valence-corrected chi connectivity index (χ3v) is 4.51. The summed E-state index contributed by atoms with van der Waals surface area (Å²) in [6.45, 7) is 4.82. The highest BCUT2D eigenvalue weighted by atomic mass is 16.5. The number of para-hydroxylation sites is 1. The summed E-state index contributed by atoms with van der Waals surface area (Å²) in [7, 11) is 1.64. The summed E-state index contributed by atoms with van der Waals surface area (Å²) in [6.07, 6.45) is 2.55. The van der Waals surface area contributed by atoms with E-state index in [1.165, 1.54) is 0 Å². The summed E-state index contributed by atoms with van der Waals surface area (Å²) in [4.78, 5) is 11.2. The number of benzene rings is 1. The van der Waals surface area contributed by atoms with Gasteiger partial charge in [0.15, 0.2) is 0 Å². The Labute approximate surface area is 132 Å². The number of rotatable bonds is 6. The lowest BCUT2D eigenvalue weighted by Crippen LogP contribution is -2.39. The molecule has 1 aliphatic rings. The van der Waals surface area contributed by atoms with E-state index in [0.29, 0.717) is 18.9 Å². The van der Waals surface area contributed by atoms with Crippen LogP contribution in [0, 0.1) is 11.8 Å². The molecule has 0 radical (unpaired) electrons. The van der Waals surface area contributed by atoms with E-state index in [0.717, 1.165) is 24.2 Å². The van der Waals surface area contributed by atoms with Gasteiger partial charge in [0.05, 0.1) is 12.7 Å². The second-order valence-corrected chi connectivity index (χ2v) is 6.71. The van der Waals surface area contributed by atoms with E-state index in [-0.39, 0.29) is 17.9 Å². The SMILES string of the molecule is COc1ccccc1C[C@H](CC(=O)[O-])[C@H]1CCOC(C)(C)C1. The maximum Gasteiger partial charge on any atom is 0.122 e. The van der Waals surface area contributed by atoms with Crippen LogP contribution >= 0.6 is 0 Å². The molecular formula is C18H25O4-. The molecule has 122 valence electrons. The zero-order valence-electron chi connectivity index (χ0n) is 13.6. The molecule has 22 heavy (non-hydrogen) atoms. The van der Waals surface area contributed by atoms with E-state index >= 15 is 0 Å². The van der Waals surface area contributed by atoms with Crippen LogP contribution in [-0.4, -0.2) is 25.3 Å². The molecule has 4 heteroatoms. The van der Waals surface area contributed by atoms with Gasteiger partial charge in [-0.2, -0.15) is 0 Å². The quantitative estimate of drug-likeness (QED) is 0.808. The van der Waals surface area contributed by atoms with Crippen molar-refractivity contribution in [3.05, 3.63) is 29.8 Å². The maximum atomic E-state index is 11.2. The fraction of sp³-hybridized carbons (Fsp3) is 0.611. The number of methoxy groups -OCH3 is 1. The lowest BCUT2D eigenvalue weighted by Gasteiger charge is -2.39. The Morgan fingerprint density at radius 3 is 2.82 bits per heavy atom. The summed E-state index contributed by atoms with van der Waals surface area (Å²) >= 11 is 0. The lowest BCUT2D eigenvalue weighted by molar-refractivity contribution is -0.307. The fourth-order valence-electron chi connectivity index (χ4n) is 3.46. The van der Waals surface area contributed by atoms with Crippen molar-refractivity contribution >= 4 is 5.97 Å². The van der Waals surface area contributed by atoms with Gasteiger partial charge in [-0.3, -0.25) is 0 Å². The third-order valence-electron chi connectivity index (χ3n) is 4.51. The van der Waals surface area contributed by atoms with E-state index in [2.05, 4.69) is 13.8 Å². The predicted octanol–water partition coefficient (Wildman–Crippen LogP) is 2.20. The van der Waals surface area contributed by atoms with Crippen molar-refractivity contribution < 1.29 is 19.4 Å². The Kier molecular flexibility index (Phi) is 5.46. The van der Waals surface area contributed by atoms with Gasteiger partial charge in [0.1, 0.15) is 5.75 Å². The number of carbonyl (C=O) groups excluding carboxylic acids is 1. The first-order chi connectivity index (χ1) is 10.4. The van der Waals surface area contributed by atoms with Crippen molar-refractivity contribution in [3.8, 4) is 5.75 Å². The first-order valence-electron chi connectivity index (χ1n) is 7.87. The number of hydrogen-bond donors (Lipinski definition) is 0. The fourth-order valence-corrected chi connectivity index (χ4v) is 3.46. The molecule has 2 atom stereocenters. The monoisotopic (exact) mass is 305 g/mol. The molecule has 0 spiro atoms. The summed E-state index contributed by atoms with van der Waals surface area (Å²) in [5, 5.41) is 11.2. The molecule has 0 N–H and O–H groups in total. The maximum absolute atomic E-state index is 11.2. The van der Waals surface area contributed by atoms with Crippen molar-refractivity contribution in [3.63, 3.8) is 0 Å². The molecule has 1 aromatic rings. The van der Waals surface area contributed by atoms with Crippen LogP contribution in [0.1, 0.15) is 38.7 Å². The average molecular weight is 305 g/mol. The summed E-state index contributed by atoms with van der Waals surface area (Å²) in [5.41, 5.74) is 0.869. The second-order valence-electron chi connectivity index (χ2n) is 6.71. The van der Waals surface area contributed by atoms with Crippen molar-refractivity contribution in [2.75, 3.05) is 13.7 Å². The van der Waals surface area contributed by atoms with Gasteiger partial charge in [-0.25, -0.2) is 0 Å². The highest BCUT2D eigenvalue weighted by Crippen LogP contribution is 2.37. The van der Waals surface area contributed by atoms with Gasteiger partial charge >= 0.3 is 0 Å². The molecular weight excluding hydrogens is 280 g/mol. The molecule has 0 bridgehead atoms. The zero-order valence-corrected chi connectivity index (χ0v) is 13.6. The minimum absolute atomic E-state index is 0.0458. The van der Waals surface area contributed by atoms with Gasteiger partial charge in [0, 0.05) is 12.6 Å². The van der Waals surface area contributed by atoms with Crippen LogP contribution < -0.4 is 9.84 Å². The Bertz CT molecular complexity index is 510. The molecule has 1 aromatic carbocycles. The number of hydrogen-bond acceptors (Lipinski definition) is 4. The number of aliphatic carboxylic acids is 1. The van der Waals surface area contributed by atoms with Crippen LogP contribution in [0.5, 0.6) is 5.75 Å². The average Bonchev–Trinajstić information content (AvgIpc) is 2.45. The van der Waals surface area contributed by atoms with E-state index in [4.69, 9.17) is 9.47 Å². The van der Waals surface area contributed by atoms with Crippen molar-refractivity contribution in [2.24, 2.45) is 11.8 Å². The number of carboxylic acids is 1. The summed E-state index contributed by atoms with van der Waals surface area (Å²) in [6, 6.07) is 7.81. The van der Waals surface area contributed by atoms with Crippen LogP contribution in [-0.2, 0) is 16.0 Å². The molecule has 1 aliphatic heterocycles. The number of carbonyl (C=O) groups is 1. The first-order valence-corrected chi connectivity index (χ1v) is 7.87. The van der Waals surface area contributed by atoms with Crippen molar-refractivity contribution in [2.45, 2.75) is 45.1 Å². The Morgan fingerprint density at radius 1 is 1.45 bits per heavy atom. The van der Waals surface area contributed by atoms with Gasteiger partial charge in [0.25, 0.3) is 0 Å². The zero-order chi connectivity index (χ0) is 16.2. The largest absolute Gasteiger partial charge is 0.550 e. The van der Waals surface area contributed by atoms with E-state index in [9.17, 15) is 9.90 Å². The van der Waals surface area contributed by atoms with E-state index < -0.39 is 5.97 Å². The van der Waals surface area contributed by atoms with Crippen molar-refractivity contribution in [1.29, 1.82) is 0 Å². The topological polar surface area (TPSA) is 58.6 Å². The van der Waals surface area contributed by atoms with E-state index in [1.54, 1.807) is 7.11 Å². The van der Waals surface area contributed by atoms with Gasteiger partial charge in [-0.1, -0.05) is 18.2 Å². The smallest absolute Gasteiger partial charge is 0.122 e. The predicted molar refractivity (Wildman–Crippen MR) is 82.6 cm³/mol. The Balaban J connectivity index is 2.17. The second kappa shape index (κ2) is 7.14. The molecule has 0 saturated carbocycles. The van der Waals surface area contributed by atoms with Crippen LogP contribution in [0.2, 0.25) is 0 Å². The molecule has 1 fully saturated rings. The van der Waals surface area contributed by atoms with Crippen LogP contribution in [0.4, 0.5) is 0 Å². The highest BCUT2D eigenvalue weighted by Gasteiger charge is 2.33. The Hall–Kier alpha value is -1.55.